The predicted molar refractivity (Wildman–Crippen MR) is 83.8 cm³/mol. The maximum atomic E-state index is 13.6. The summed E-state index contributed by atoms with van der Waals surface area (Å²) in [6.45, 7) is 2.84. The number of hydrogen-bond acceptors (Lipinski definition) is 2. The van der Waals surface area contributed by atoms with Gasteiger partial charge in [-0.25, -0.2) is 8.78 Å². The lowest BCUT2D eigenvalue weighted by atomic mass is 9.90. The van der Waals surface area contributed by atoms with Crippen LogP contribution in [-0.2, 0) is 9.59 Å². The van der Waals surface area contributed by atoms with Crippen LogP contribution in [0, 0.1) is 17.0 Å². The first-order valence-corrected chi connectivity index (χ1v) is 6.93. The molecule has 0 saturated heterocycles. The van der Waals surface area contributed by atoms with Crippen LogP contribution in [0.15, 0.2) is 48.5 Å². The Hall–Kier alpha value is -2.76. The second-order valence-corrected chi connectivity index (χ2v) is 5.52. The highest BCUT2D eigenvalue weighted by atomic mass is 19.1. The van der Waals surface area contributed by atoms with Crippen LogP contribution in [0.1, 0.15) is 13.8 Å². The molecule has 0 aliphatic heterocycles. The minimum absolute atomic E-state index is 0.000146. The Kier molecular flexibility index (Phi) is 4.74. The summed E-state index contributed by atoms with van der Waals surface area (Å²) in [6, 6.07) is 10.9. The van der Waals surface area contributed by atoms with Gasteiger partial charge in [-0.2, -0.15) is 0 Å². The molecule has 23 heavy (non-hydrogen) atoms. The van der Waals surface area contributed by atoms with Crippen molar-refractivity contribution in [2.75, 3.05) is 10.6 Å². The fraction of sp³-hybridized carbons (Fsp3) is 0.176. The summed E-state index contributed by atoms with van der Waals surface area (Å²) in [7, 11) is 0. The third kappa shape index (κ3) is 3.91. The zero-order valence-electron chi connectivity index (χ0n) is 12.7. The van der Waals surface area contributed by atoms with Gasteiger partial charge in [-0.3, -0.25) is 9.59 Å². The summed E-state index contributed by atoms with van der Waals surface area (Å²) in [5.41, 5.74) is -1.08. The largest absolute Gasteiger partial charge is 0.325 e. The monoisotopic (exact) mass is 318 g/mol. The molecular weight excluding hydrogens is 302 g/mol. The normalized spacial score (nSPS) is 11.0. The molecule has 0 aromatic heterocycles. The highest BCUT2D eigenvalue weighted by Gasteiger charge is 2.36. The lowest BCUT2D eigenvalue weighted by Crippen LogP contribution is -2.41. The molecule has 0 fully saturated rings. The second kappa shape index (κ2) is 6.56. The zero-order chi connectivity index (χ0) is 17.0. The number of benzene rings is 2. The average Bonchev–Trinajstić information content (AvgIpc) is 2.51. The number of hydrogen-bond donors (Lipinski definition) is 2. The number of para-hydroxylation sites is 1. The van der Waals surface area contributed by atoms with Crippen LogP contribution >= 0.6 is 0 Å². The van der Waals surface area contributed by atoms with Crippen LogP contribution in [0.2, 0.25) is 0 Å². The number of nitrogens with one attached hydrogen (secondary N) is 2. The average molecular weight is 318 g/mol. The van der Waals surface area contributed by atoms with Crippen molar-refractivity contribution in [2.24, 2.45) is 5.41 Å². The van der Waals surface area contributed by atoms with Crippen LogP contribution in [0.25, 0.3) is 0 Å². The summed E-state index contributed by atoms with van der Waals surface area (Å²) in [4.78, 5) is 24.5. The Bertz CT molecular complexity index is 728. The molecule has 0 aliphatic carbocycles. The van der Waals surface area contributed by atoms with Gasteiger partial charge in [-0.15, -0.1) is 0 Å². The minimum atomic E-state index is -1.45. The molecule has 2 aromatic rings. The Balaban J connectivity index is 2.10. The molecule has 0 heterocycles. The molecule has 0 radical (unpaired) electrons. The molecule has 0 spiro atoms. The second-order valence-electron chi connectivity index (χ2n) is 5.52. The summed E-state index contributed by atoms with van der Waals surface area (Å²) in [6.07, 6.45) is 0. The fourth-order valence-electron chi connectivity index (χ4n) is 1.76. The van der Waals surface area contributed by atoms with Gasteiger partial charge < -0.3 is 10.6 Å². The third-order valence-corrected chi connectivity index (χ3v) is 3.36. The molecule has 120 valence electrons. The van der Waals surface area contributed by atoms with E-state index < -0.39 is 28.9 Å². The van der Waals surface area contributed by atoms with Crippen LogP contribution in [0.5, 0.6) is 0 Å². The van der Waals surface area contributed by atoms with Crippen molar-refractivity contribution in [1.29, 1.82) is 0 Å². The highest BCUT2D eigenvalue weighted by Crippen LogP contribution is 2.22. The molecular formula is C17H16F2N2O2. The Morgan fingerprint density at radius 1 is 0.870 bits per heavy atom. The third-order valence-electron chi connectivity index (χ3n) is 3.36. The first kappa shape index (κ1) is 16.6. The Morgan fingerprint density at radius 2 is 1.43 bits per heavy atom. The first-order valence-electron chi connectivity index (χ1n) is 6.93. The van der Waals surface area contributed by atoms with E-state index in [1.807, 2.05) is 0 Å². The van der Waals surface area contributed by atoms with Gasteiger partial charge >= 0.3 is 0 Å². The summed E-state index contributed by atoms with van der Waals surface area (Å²) < 4.78 is 26.4. The molecule has 0 bridgehead atoms. The lowest BCUT2D eigenvalue weighted by Gasteiger charge is -2.22. The van der Waals surface area contributed by atoms with E-state index >= 15 is 0 Å². The topological polar surface area (TPSA) is 58.2 Å². The molecule has 2 amide bonds. The Morgan fingerprint density at radius 3 is 2.04 bits per heavy atom. The van der Waals surface area contributed by atoms with E-state index in [2.05, 4.69) is 10.6 Å². The Labute approximate surface area is 132 Å². The smallest absolute Gasteiger partial charge is 0.239 e. The van der Waals surface area contributed by atoms with E-state index in [4.69, 9.17) is 0 Å². The number of anilines is 2. The van der Waals surface area contributed by atoms with Crippen LogP contribution in [0.3, 0.4) is 0 Å². The van der Waals surface area contributed by atoms with E-state index in [0.29, 0.717) is 5.69 Å². The molecule has 4 nitrogen and oxygen atoms in total. The number of carbonyl (C=O) groups is 2. The van der Waals surface area contributed by atoms with E-state index in [0.717, 1.165) is 0 Å². The molecule has 2 rings (SSSR count). The maximum Gasteiger partial charge on any atom is 0.239 e. The minimum Gasteiger partial charge on any atom is -0.325 e. The van der Waals surface area contributed by atoms with E-state index in [1.165, 1.54) is 56.3 Å². The summed E-state index contributed by atoms with van der Waals surface area (Å²) in [5.74, 6) is -2.25. The van der Waals surface area contributed by atoms with Crippen molar-refractivity contribution < 1.29 is 18.4 Å². The first-order chi connectivity index (χ1) is 10.8. The van der Waals surface area contributed by atoms with E-state index in [1.54, 1.807) is 6.07 Å². The number of amides is 2. The van der Waals surface area contributed by atoms with Crippen molar-refractivity contribution in [3.05, 3.63) is 60.2 Å². The molecule has 0 atom stereocenters. The van der Waals surface area contributed by atoms with Gasteiger partial charge in [0.15, 0.2) is 0 Å². The SMILES string of the molecule is CC(C)(C(=O)Nc1ccc(F)cc1)C(=O)Nc1ccccc1F. The van der Waals surface area contributed by atoms with Crippen LogP contribution in [-0.4, -0.2) is 11.8 Å². The highest BCUT2D eigenvalue weighted by molar-refractivity contribution is 6.14. The standard InChI is InChI=1S/C17H16F2N2O2/c1-17(2,15(22)20-12-9-7-11(18)8-10-12)16(23)21-14-6-4-3-5-13(14)19/h3-10H,1-2H3,(H,20,22)(H,21,23). The van der Waals surface area contributed by atoms with Gasteiger partial charge in [0.1, 0.15) is 17.0 Å². The molecule has 0 unspecified atom stereocenters. The van der Waals surface area contributed by atoms with Crippen molar-refractivity contribution in [2.45, 2.75) is 13.8 Å². The van der Waals surface area contributed by atoms with Gasteiger partial charge in [0, 0.05) is 5.69 Å². The quantitative estimate of drug-likeness (QED) is 0.847. The van der Waals surface area contributed by atoms with Crippen LogP contribution in [0.4, 0.5) is 20.2 Å². The lowest BCUT2D eigenvalue weighted by molar-refractivity contribution is -0.135. The van der Waals surface area contributed by atoms with Gasteiger partial charge in [0.25, 0.3) is 0 Å². The fourth-order valence-corrected chi connectivity index (χ4v) is 1.76. The van der Waals surface area contributed by atoms with Crippen molar-refractivity contribution in [3.63, 3.8) is 0 Å². The molecule has 0 saturated carbocycles. The molecule has 2 N–H and O–H groups in total. The number of carbonyl (C=O) groups excluding carboxylic acids is 2. The van der Waals surface area contributed by atoms with Crippen molar-refractivity contribution in [1.82, 2.24) is 0 Å². The molecule has 6 heteroatoms. The van der Waals surface area contributed by atoms with E-state index in [-0.39, 0.29) is 5.69 Å². The van der Waals surface area contributed by atoms with Crippen molar-refractivity contribution >= 4 is 23.2 Å². The maximum absolute atomic E-state index is 13.6. The predicted octanol–water partition coefficient (Wildman–Crippen LogP) is 3.57. The zero-order valence-corrected chi connectivity index (χ0v) is 12.7. The van der Waals surface area contributed by atoms with Gasteiger partial charge in [-0.1, -0.05) is 12.1 Å². The van der Waals surface area contributed by atoms with E-state index in [9.17, 15) is 18.4 Å². The molecule has 0 aliphatic rings. The van der Waals surface area contributed by atoms with Crippen LogP contribution < -0.4 is 10.6 Å². The number of rotatable bonds is 4. The summed E-state index contributed by atoms with van der Waals surface area (Å²) >= 11 is 0. The van der Waals surface area contributed by atoms with Gasteiger partial charge in [0.05, 0.1) is 5.69 Å². The molecule has 2 aromatic carbocycles. The van der Waals surface area contributed by atoms with Crippen molar-refractivity contribution in [3.8, 4) is 0 Å². The van der Waals surface area contributed by atoms with Gasteiger partial charge in [0.2, 0.25) is 11.8 Å². The number of halogens is 2. The summed E-state index contributed by atoms with van der Waals surface area (Å²) in [5, 5.41) is 4.92. The van der Waals surface area contributed by atoms with Gasteiger partial charge in [-0.05, 0) is 50.2 Å².